The maximum absolute atomic E-state index is 13.4. The first kappa shape index (κ1) is 23.2. The summed E-state index contributed by atoms with van der Waals surface area (Å²) in [7, 11) is -3.97. The maximum atomic E-state index is 13.4. The van der Waals surface area contributed by atoms with Crippen LogP contribution in [0, 0.1) is 11.6 Å². The molecule has 0 bridgehead atoms. The van der Waals surface area contributed by atoms with Crippen LogP contribution >= 0.6 is 11.6 Å². The van der Waals surface area contributed by atoms with Crippen molar-refractivity contribution < 1.29 is 22.0 Å². The Morgan fingerprint density at radius 1 is 0.879 bits per heavy atom. The van der Waals surface area contributed by atoms with Gasteiger partial charge in [-0.1, -0.05) is 17.7 Å². The number of rotatable bonds is 5. The van der Waals surface area contributed by atoms with Gasteiger partial charge in [-0.15, -0.1) is 0 Å². The van der Waals surface area contributed by atoms with Gasteiger partial charge in [-0.25, -0.2) is 17.2 Å². The summed E-state index contributed by atoms with van der Waals surface area (Å²) in [6.45, 7) is 1.25. The Morgan fingerprint density at radius 3 is 2.24 bits per heavy atom. The van der Waals surface area contributed by atoms with Gasteiger partial charge in [0, 0.05) is 43.1 Å². The van der Waals surface area contributed by atoms with Gasteiger partial charge in [-0.05, 0) is 60.7 Å². The van der Waals surface area contributed by atoms with E-state index in [4.69, 9.17) is 11.6 Å². The Morgan fingerprint density at radius 2 is 1.58 bits per heavy atom. The fourth-order valence-corrected chi connectivity index (χ4v) is 5.51. The van der Waals surface area contributed by atoms with Crippen LogP contribution in [0.2, 0.25) is 5.02 Å². The standard InChI is InChI=1S/C23H20ClF2N3O3S/c24-21-9-4-16(23(30)27-19-3-1-2-18(26)15-19)14-22(21)33(31,32)29-12-10-28(11-13-29)20-7-5-17(25)6-8-20/h1-9,14-15H,10-13H2,(H,27,30). The van der Waals surface area contributed by atoms with Crippen LogP contribution in [0.5, 0.6) is 0 Å². The van der Waals surface area contributed by atoms with Crippen molar-refractivity contribution in [1.29, 1.82) is 0 Å². The van der Waals surface area contributed by atoms with Crippen LogP contribution in [0.15, 0.2) is 71.6 Å². The molecular formula is C23H20ClF2N3O3S. The van der Waals surface area contributed by atoms with Crippen molar-refractivity contribution in [2.75, 3.05) is 36.4 Å². The fraction of sp³-hybridized carbons (Fsp3) is 0.174. The number of nitrogens with one attached hydrogen (secondary N) is 1. The molecule has 1 fully saturated rings. The summed E-state index contributed by atoms with van der Waals surface area (Å²) < 4.78 is 54.4. The molecule has 33 heavy (non-hydrogen) atoms. The second-order valence-corrected chi connectivity index (χ2v) is 9.79. The molecule has 172 valence electrons. The summed E-state index contributed by atoms with van der Waals surface area (Å²) in [6, 6.07) is 15.4. The fourth-order valence-electron chi connectivity index (χ4n) is 3.59. The van der Waals surface area contributed by atoms with E-state index < -0.39 is 21.7 Å². The number of benzene rings is 3. The third kappa shape index (κ3) is 5.16. The summed E-state index contributed by atoms with van der Waals surface area (Å²) in [6.07, 6.45) is 0. The molecule has 3 aromatic carbocycles. The number of anilines is 2. The second-order valence-electron chi connectivity index (χ2n) is 7.48. The Hall–Kier alpha value is -3.01. The second kappa shape index (κ2) is 9.46. The van der Waals surface area contributed by atoms with E-state index in [-0.39, 0.29) is 40.1 Å². The predicted octanol–water partition coefficient (Wildman–Crippen LogP) is 4.38. The van der Waals surface area contributed by atoms with Gasteiger partial charge in [0.2, 0.25) is 10.0 Å². The lowest BCUT2D eigenvalue weighted by molar-refractivity contribution is 0.102. The van der Waals surface area contributed by atoms with Gasteiger partial charge >= 0.3 is 0 Å². The number of hydrogen-bond donors (Lipinski definition) is 1. The van der Waals surface area contributed by atoms with Crippen molar-refractivity contribution >= 4 is 38.9 Å². The van der Waals surface area contributed by atoms with Crippen molar-refractivity contribution in [3.05, 3.63) is 89.0 Å². The molecule has 1 saturated heterocycles. The van der Waals surface area contributed by atoms with Gasteiger partial charge in [0.15, 0.2) is 0 Å². The summed E-state index contributed by atoms with van der Waals surface area (Å²) in [5, 5.41) is 2.54. The highest BCUT2D eigenvalue weighted by atomic mass is 35.5. The molecule has 1 amide bonds. The van der Waals surface area contributed by atoms with Crippen LogP contribution in [-0.4, -0.2) is 44.8 Å². The summed E-state index contributed by atoms with van der Waals surface area (Å²) in [5.41, 5.74) is 1.13. The van der Waals surface area contributed by atoms with Crippen molar-refractivity contribution in [2.45, 2.75) is 4.90 Å². The van der Waals surface area contributed by atoms with E-state index >= 15 is 0 Å². The average Bonchev–Trinajstić information content (AvgIpc) is 2.80. The zero-order valence-corrected chi connectivity index (χ0v) is 18.9. The van der Waals surface area contributed by atoms with Crippen molar-refractivity contribution in [3.8, 4) is 0 Å². The minimum Gasteiger partial charge on any atom is -0.369 e. The van der Waals surface area contributed by atoms with E-state index in [1.807, 2.05) is 4.90 Å². The van der Waals surface area contributed by atoms with Crippen LogP contribution in [0.4, 0.5) is 20.2 Å². The zero-order valence-electron chi connectivity index (χ0n) is 17.3. The van der Waals surface area contributed by atoms with E-state index in [2.05, 4.69) is 5.32 Å². The van der Waals surface area contributed by atoms with Gasteiger partial charge in [0.25, 0.3) is 5.91 Å². The first-order chi connectivity index (χ1) is 15.7. The molecule has 1 aliphatic heterocycles. The van der Waals surface area contributed by atoms with Crippen LogP contribution in [-0.2, 0) is 10.0 Å². The smallest absolute Gasteiger partial charge is 0.255 e. The van der Waals surface area contributed by atoms with E-state index in [0.29, 0.717) is 13.1 Å². The number of piperazine rings is 1. The summed E-state index contributed by atoms with van der Waals surface area (Å²) >= 11 is 6.19. The Labute approximate surface area is 195 Å². The van der Waals surface area contributed by atoms with Crippen LogP contribution < -0.4 is 10.2 Å². The summed E-state index contributed by atoms with van der Waals surface area (Å²) in [4.78, 5) is 14.4. The van der Waals surface area contributed by atoms with E-state index in [9.17, 15) is 22.0 Å². The molecule has 0 atom stereocenters. The molecule has 0 aliphatic carbocycles. The quantitative estimate of drug-likeness (QED) is 0.575. The molecule has 0 saturated carbocycles. The Bertz CT molecular complexity index is 1280. The molecule has 1 N–H and O–H groups in total. The molecule has 4 rings (SSSR count). The Balaban J connectivity index is 1.50. The average molecular weight is 492 g/mol. The lowest BCUT2D eigenvalue weighted by Gasteiger charge is -2.35. The maximum Gasteiger partial charge on any atom is 0.255 e. The zero-order chi connectivity index (χ0) is 23.6. The monoisotopic (exact) mass is 491 g/mol. The molecule has 0 spiro atoms. The minimum absolute atomic E-state index is 0.00160. The lowest BCUT2D eigenvalue weighted by Crippen LogP contribution is -2.48. The first-order valence-corrected chi connectivity index (χ1v) is 11.9. The van der Waals surface area contributed by atoms with E-state index in [1.54, 1.807) is 12.1 Å². The van der Waals surface area contributed by atoms with Gasteiger partial charge in [-0.3, -0.25) is 4.79 Å². The van der Waals surface area contributed by atoms with Crippen molar-refractivity contribution in [1.82, 2.24) is 4.31 Å². The molecule has 0 unspecified atom stereocenters. The van der Waals surface area contributed by atoms with Gasteiger partial charge < -0.3 is 10.2 Å². The Kier molecular flexibility index (Phi) is 6.64. The van der Waals surface area contributed by atoms with Gasteiger partial charge in [0.1, 0.15) is 16.5 Å². The van der Waals surface area contributed by atoms with Crippen LogP contribution in [0.3, 0.4) is 0 Å². The largest absolute Gasteiger partial charge is 0.369 e. The van der Waals surface area contributed by atoms with E-state index in [1.165, 1.54) is 52.8 Å². The molecule has 6 nitrogen and oxygen atoms in total. The minimum atomic E-state index is -3.97. The van der Waals surface area contributed by atoms with Crippen LogP contribution in [0.1, 0.15) is 10.4 Å². The molecule has 0 radical (unpaired) electrons. The molecule has 10 heteroatoms. The number of amides is 1. The highest BCUT2D eigenvalue weighted by Gasteiger charge is 2.31. The number of nitrogens with zero attached hydrogens (tertiary/aromatic N) is 2. The summed E-state index contributed by atoms with van der Waals surface area (Å²) in [5.74, 6) is -1.43. The third-order valence-electron chi connectivity index (χ3n) is 5.32. The van der Waals surface area contributed by atoms with Gasteiger partial charge in [0.05, 0.1) is 5.02 Å². The third-order valence-corrected chi connectivity index (χ3v) is 7.70. The normalized spacial score (nSPS) is 14.8. The molecule has 0 aromatic heterocycles. The number of sulfonamides is 1. The number of hydrogen-bond acceptors (Lipinski definition) is 4. The number of carbonyl (C=O) groups is 1. The van der Waals surface area contributed by atoms with Crippen molar-refractivity contribution in [2.24, 2.45) is 0 Å². The number of halogens is 3. The van der Waals surface area contributed by atoms with E-state index in [0.717, 1.165) is 11.8 Å². The molecule has 1 heterocycles. The lowest BCUT2D eigenvalue weighted by atomic mass is 10.2. The number of carbonyl (C=O) groups excluding carboxylic acids is 1. The predicted molar refractivity (Wildman–Crippen MR) is 123 cm³/mol. The molecular weight excluding hydrogens is 472 g/mol. The van der Waals surface area contributed by atoms with Crippen molar-refractivity contribution in [3.63, 3.8) is 0 Å². The van der Waals surface area contributed by atoms with Gasteiger partial charge in [-0.2, -0.15) is 4.31 Å². The first-order valence-electron chi connectivity index (χ1n) is 10.1. The topological polar surface area (TPSA) is 69.7 Å². The molecule has 3 aromatic rings. The highest BCUT2D eigenvalue weighted by Crippen LogP contribution is 2.28. The highest BCUT2D eigenvalue weighted by molar-refractivity contribution is 7.89. The van der Waals surface area contributed by atoms with Crippen LogP contribution in [0.25, 0.3) is 0 Å². The SMILES string of the molecule is O=C(Nc1cccc(F)c1)c1ccc(Cl)c(S(=O)(=O)N2CCN(c3ccc(F)cc3)CC2)c1. The molecule has 1 aliphatic rings.